The number of unbranched alkanes of at least 4 members (excludes halogenated alkanes) is 1. The summed E-state index contributed by atoms with van der Waals surface area (Å²) < 4.78 is 0. The van der Waals surface area contributed by atoms with Crippen LogP contribution in [0, 0.1) is 0 Å². The maximum absolute atomic E-state index is 9.24. The zero-order valence-electron chi connectivity index (χ0n) is 6.84. The van der Waals surface area contributed by atoms with Crippen LogP contribution in [0.5, 0.6) is 0 Å². The Labute approximate surface area is 63.8 Å². The molecule has 60 valence electrons. The Bertz CT molecular complexity index is 78.8. The van der Waals surface area contributed by atoms with Gasteiger partial charge in [-0.25, -0.2) is 0 Å². The average molecular weight is 142 g/mol. The van der Waals surface area contributed by atoms with Gasteiger partial charge in [0.15, 0.2) is 0 Å². The summed E-state index contributed by atoms with van der Waals surface area (Å²) in [7, 11) is 0. The van der Waals surface area contributed by atoms with Crippen molar-refractivity contribution in [2.24, 2.45) is 0 Å². The molecule has 0 fully saturated rings. The number of allylic oxidation sites excluding steroid dienone is 1. The molecular formula is C9H18O. The number of rotatable bonds is 6. The maximum atomic E-state index is 9.24. The van der Waals surface area contributed by atoms with Crippen molar-refractivity contribution >= 4 is 0 Å². The van der Waals surface area contributed by atoms with E-state index in [0.717, 1.165) is 32.1 Å². The Morgan fingerprint density at radius 3 is 2.70 bits per heavy atom. The van der Waals surface area contributed by atoms with Crippen LogP contribution in [0.1, 0.15) is 39.0 Å². The molecule has 0 aliphatic carbocycles. The van der Waals surface area contributed by atoms with Gasteiger partial charge in [-0.05, 0) is 25.7 Å². The van der Waals surface area contributed by atoms with Crippen molar-refractivity contribution < 1.29 is 5.11 Å². The molecule has 0 aromatic carbocycles. The second-order valence-electron chi connectivity index (χ2n) is 2.66. The molecule has 0 bridgehead atoms. The molecule has 0 heterocycles. The SMILES string of the molecule is C=CCCC[C@H](O)CCC. The van der Waals surface area contributed by atoms with Gasteiger partial charge in [-0.3, -0.25) is 0 Å². The Morgan fingerprint density at radius 1 is 1.50 bits per heavy atom. The highest BCUT2D eigenvalue weighted by molar-refractivity contribution is 4.67. The van der Waals surface area contributed by atoms with E-state index in [2.05, 4.69) is 13.5 Å². The summed E-state index contributed by atoms with van der Waals surface area (Å²) in [4.78, 5) is 0. The molecule has 0 unspecified atom stereocenters. The lowest BCUT2D eigenvalue weighted by Crippen LogP contribution is -2.04. The molecule has 1 atom stereocenters. The van der Waals surface area contributed by atoms with E-state index in [1.807, 2.05) is 6.08 Å². The van der Waals surface area contributed by atoms with E-state index < -0.39 is 0 Å². The standard InChI is InChI=1S/C9H18O/c1-3-5-6-8-9(10)7-4-2/h3,9-10H,1,4-8H2,2H3/t9-/m1/s1. The largest absolute Gasteiger partial charge is 0.393 e. The lowest BCUT2D eigenvalue weighted by molar-refractivity contribution is 0.151. The van der Waals surface area contributed by atoms with Gasteiger partial charge in [0, 0.05) is 0 Å². The minimum atomic E-state index is -0.0788. The Morgan fingerprint density at radius 2 is 2.20 bits per heavy atom. The van der Waals surface area contributed by atoms with E-state index in [0.29, 0.717) is 0 Å². The summed E-state index contributed by atoms with van der Waals surface area (Å²) in [6.07, 6.45) is 6.88. The van der Waals surface area contributed by atoms with E-state index in [9.17, 15) is 5.11 Å². The van der Waals surface area contributed by atoms with Gasteiger partial charge in [-0.2, -0.15) is 0 Å². The van der Waals surface area contributed by atoms with Crippen molar-refractivity contribution in [1.82, 2.24) is 0 Å². The fourth-order valence-corrected chi connectivity index (χ4v) is 0.975. The van der Waals surface area contributed by atoms with Crippen molar-refractivity contribution in [3.8, 4) is 0 Å². The summed E-state index contributed by atoms with van der Waals surface area (Å²) in [5.41, 5.74) is 0. The van der Waals surface area contributed by atoms with Gasteiger partial charge in [-0.15, -0.1) is 6.58 Å². The Balaban J connectivity index is 3.04. The van der Waals surface area contributed by atoms with Gasteiger partial charge in [0.1, 0.15) is 0 Å². The van der Waals surface area contributed by atoms with E-state index in [-0.39, 0.29) is 6.10 Å². The molecule has 0 saturated heterocycles. The van der Waals surface area contributed by atoms with Gasteiger partial charge in [0.2, 0.25) is 0 Å². The molecule has 0 saturated carbocycles. The lowest BCUT2D eigenvalue weighted by Gasteiger charge is -2.06. The fourth-order valence-electron chi connectivity index (χ4n) is 0.975. The van der Waals surface area contributed by atoms with Crippen LogP contribution in [0.4, 0.5) is 0 Å². The fraction of sp³-hybridized carbons (Fsp3) is 0.778. The molecule has 0 spiro atoms. The minimum absolute atomic E-state index is 0.0788. The van der Waals surface area contributed by atoms with Crippen LogP contribution in [0.25, 0.3) is 0 Å². The van der Waals surface area contributed by atoms with Crippen molar-refractivity contribution in [1.29, 1.82) is 0 Å². The quantitative estimate of drug-likeness (QED) is 0.446. The summed E-state index contributed by atoms with van der Waals surface area (Å²) >= 11 is 0. The first kappa shape index (κ1) is 9.70. The predicted octanol–water partition coefficient (Wildman–Crippen LogP) is 2.50. The number of hydrogen-bond acceptors (Lipinski definition) is 1. The Kier molecular flexibility index (Phi) is 6.61. The van der Waals surface area contributed by atoms with E-state index in [1.165, 1.54) is 0 Å². The predicted molar refractivity (Wildman–Crippen MR) is 45.0 cm³/mol. The summed E-state index contributed by atoms with van der Waals surface area (Å²) in [5, 5.41) is 9.24. The third-order valence-electron chi connectivity index (χ3n) is 1.57. The summed E-state index contributed by atoms with van der Waals surface area (Å²) in [6, 6.07) is 0. The van der Waals surface area contributed by atoms with Crippen LogP contribution < -0.4 is 0 Å². The molecule has 0 aromatic heterocycles. The number of hydrogen-bond donors (Lipinski definition) is 1. The summed E-state index contributed by atoms with van der Waals surface area (Å²) in [5.74, 6) is 0. The van der Waals surface area contributed by atoms with Crippen molar-refractivity contribution in [2.75, 3.05) is 0 Å². The van der Waals surface area contributed by atoms with E-state index >= 15 is 0 Å². The highest BCUT2D eigenvalue weighted by Gasteiger charge is 1.99. The molecule has 0 radical (unpaired) electrons. The van der Waals surface area contributed by atoms with Crippen molar-refractivity contribution in [2.45, 2.75) is 45.1 Å². The van der Waals surface area contributed by atoms with Crippen LogP contribution in [-0.4, -0.2) is 11.2 Å². The van der Waals surface area contributed by atoms with Gasteiger partial charge in [0.05, 0.1) is 6.10 Å². The lowest BCUT2D eigenvalue weighted by atomic mass is 10.1. The maximum Gasteiger partial charge on any atom is 0.0540 e. The van der Waals surface area contributed by atoms with Crippen molar-refractivity contribution in [3.05, 3.63) is 12.7 Å². The molecule has 1 N–H and O–H groups in total. The summed E-state index contributed by atoms with van der Waals surface area (Å²) in [6.45, 7) is 5.72. The van der Waals surface area contributed by atoms with E-state index in [4.69, 9.17) is 0 Å². The second kappa shape index (κ2) is 6.81. The first-order valence-electron chi connectivity index (χ1n) is 4.10. The third kappa shape index (κ3) is 5.83. The molecule has 0 aliphatic rings. The van der Waals surface area contributed by atoms with Crippen LogP contribution in [0.15, 0.2) is 12.7 Å². The topological polar surface area (TPSA) is 20.2 Å². The second-order valence-corrected chi connectivity index (χ2v) is 2.66. The first-order chi connectivity index (χ1) is 4.81. The molecular weight excluding hydrogens is 124 g/mol. The molecule has 0 amide bonds. The minimum Gasteiger partial charge on any atom is -0.393 e. The smallest absolute Gasteiger partial charge is 0.0540 e. The van der Waals surface area contributed by atoms with Crippen LogP contribution in [-0.2, 0) is 0 Å². The number of aliphatic hydroxyl groups excluding tert-OH is 1. The normalized spacial score (nSPS) is 13.0. The molecule has 0 rings (SSSR count). The first-order valence-corrected chi connectivity index (χ1v) is 4.10. The highest BCUT2D eigenvalue weighted by atomic mass is 16.3. The zero-order valence-corrected chi connectivity index (χ0v) is 6.84. The molecule has 1 heteroatoms. The monoisotopic (exact) mass is 142 g/mol. The van der Waals surface area contributed by atoms with Gasteiger partial charge in [-0.1, -0.05) is 19.4 Å². The average Bonchev–Trinajstić information content (AvgIpc) is 1.89. The number of aliphatic hydroxyl groups is 1. The Hall–Kier alpha value is -0.300. The third-order valence-corrected chi connectivity index (χ3v) is 1.57. The molecule has 0 aliphatic heterocycles. The van der Waals surface area contributed by atoms with E-state index in [1.54, 1.807) is 0 Å². The van der Waals surface area contributed by atoms with Gasteiger partial charge in [0.25, 0.3) is 0 Å². The molecule has 1 nitrogen and oxygen atoms in total. The highest BCUT2D eigenvalue weighted by Crippen LogP contribution is 2.05. The van der Waals surface area contributed by atoms with Crippen LogP contribution in [0.3, 0.4) is 0 Å². The van der Waals surface area contributed by atoms with Crippen LogP contribution >= 0.6 is 0 Å². The zero-order chi connectivity index (χ0) is 7.82. The van der Waals surface area contributed by atoms with Gasteiger partial charge >= 0.3 is 0 Å². The van der Waals surface area contributed by atoms with Crippen LogP contribution in [0.2, 0.25) is 0 Å². The molecule has 0 aromatic rings. The van der Waals surface area contributed by atoms with Gasteiger partial charge < -0.3 is 5.11 Å². The molecule has 10 heavy (non-hydrogen) atoms. The van der Waals surface area contributed by atoms with Crippen molar-refractivity contribution in [3.63, 3.8) is 0 Å².